The van der Waals surface area contributed by atoms with Crippen LogP contribution in [0.1, 0.15) is 29.6 Å². The number of hydrogen-bond donors (Lipinski definition) is 1. The molecule has 20 heavy (non-hydrogen) atoms. The minimum atomic E-state index is -1.16. The number of carbonyl (C=O) groups is 1. The van der Waals surface area contributed by atoms with Crippen LogP contribution in [0.5, 0.6) is 0 Å². The van der Waals surface area contributed by atoms with E-state index in [4.69, 9.17) is 0 Å². The lowest BCUT2D eigenvalue weighted by Gasteiger charge is -2.49. The molecule has 5 nitrogen and oxygen atoms in total. The average molecular weight is 281 g/mol. The molecule has 1 aliphatic carbocycles. The van der Waals surface area contributed by atoms with Gasteiger partial charge < -0.3 is 14.9 Å². The molecule has 0 bridgehead atoms. The summed E-state index contributed by atoms with van der Waals surface area (Å²) in [7, 11) is 5.86. The molecule has 0 aromatic carbocycles. The predicted octanol–water partition coefficient (Wildman–Crippen LogP) is 1.84. The third-order valence-corrected chi connectivity index (χ3v) is 4.19. The Balaban J connectivity index is 2.25. The zero-order valence-electron chi connectivity index (χ0n) is 12.1. The highest BCUT2D eigenvalue weighted by atomic mass is 19.1. The molecule has 0 aliphatic heterocycles. The Labute approximate surface area is 118 Å². The van der Waals surface area contributed by atoms with Crippen LogP contribution in [0.15, 0.2) is 12.3 Å². The highest BCUT2D eigenvalue weighted by molar-refractivity contribution is 5.93. The van der Waals surface area contributed by atoms with Crippen molar-refractivity contribution in [1.82, 2.24) is 9.88 Å². The van der Waals surface area contributed by atoms with Gasteiger partial charge in [-0.3, -0.25) is 0 Å². The monoisotopic (exact) mass is 281 g/mol. The van der Waals surface area contributed by atoms with Gasteiger partial charge in [-0.1, -0.05) is 0 Å². The SMILES string of the molecule is CN(CC1(N(C)C)CCC1)c1ncc(F)cc1C(=O)O. The Morgan fingerprint density at radius 1 is 1.45 bits per heavy atom. The Morgan fingerprint density at radius 3 is 2.55 bits per heavy atom. The Morgan fingerprint density at radius 2 is 2.10 bits per heavy atom. The van der Waals surface area contributed by atoms with Crippen LogP contribution in [0.25, 0.3) is 0 Å². The minimum Gasteiger partial charge on any atom is -0.478 e. The van der Waals surface area contributed by atoms with Gasteiger partial charge in [0.15, 0.2) is 0 Å². The molecular weight excluding hydrogens is 261 g/mol. The van der Waals surface area contributed by atoms with Crippen molar-refractivity contribution in [3.63, 3.8) is 0 Å². The van der Waals surface area contributed by atoms with Crippen LogP contribution in [0.4, 0.5) is 10.2 Å². The van der Waals surface area contributed by atoms with E-state index in [9.17, 15) is 14.3 Å². The minimum absolute atomic E-state index is 0.0561. The van der Waals surface area contributed by atoms with Crippen molar-refractivity contribution in [2.75, 3.05) is 32.6 Å². The largest absolute Gasteiger partial charge is 0.478 e. The van der Waals surface area contributed by atoms with E-state index in [1.807, 2.05) is 19.0 Å². The van der Waals surface area contributed by atoms with Crippen LogP contribution in [-0.2, 0) is 0 Å². The fraction of sp³-hybridized carbons (Fsp3) is 0.571. The molecule has 0 saturated heterocycles. The summed E-state index contributed by atoms with van der Waals surface area (Å²) in [6.45, 7) is 0.679. The molecule has 0 radical (unpaired) electrons. The van der Waals surface area contributed by atoms with Crippen molar-refractivity contribution in [1.29, 1.82) is 0 Å². The van der Waals surface area contributed by atoms with Crippen LogP contribution >= 0.6 is 0 Å². The molecule has 1 N–H and O–H groups in total. The first-order valence-electron chi connectivity index (χ1n) is 6.63. The smallest absolute Gasteiger partial charge is 0.339 e. The van der Waals surface area contributed by atoms with E-state index >= 15 is 0 Å². The van der Waals surface area contributed by atoms with Crippen molar-refractivity contribution >= 4 is 11.8 Å². The van der Waals surface area contributed by atoms with E-state index in [0.717, 1.165) is 25.1 Å². The summed E-state index contributed by atoms with van der Waals surface area (Å²) in [4.78, 5) is 19.2. The zero-order chi connectivity index (χ0) is 14.9. The molecular formula is C14H20FN3O2. The van der Waals surface area contributed by atoms with Crippen molar-refractivity contribution in [2.45, 2.75) is 24.8 Å². The molecule has 0 atom stereocenters. The van der Waals surface area contributed by atoms with Crippen LogP contribution < -0.4 is 4.90 Å². The second-order valence-electron chi connectivity index (χ2n) is 5.66. The van der Waals surface area contributed by atoms with Crippen LogP contribution in [-0.4, -0.2) is 54.2 Å². The molecule has 1 aliphatic rings. The van der Waals surface area contributed by atoms with E-state index in [1.54, 1.807) is 7.05 Å². The number of halogens is 1. The van der Waals surface area contributed by atoms with Crippen molar-refractivity contribution < 1.29 is 14.3 Å². The molecule has 0 amide bonds. The molecule has 6 heteroatoms. The topological polar surface area (TPSA) is 56.7 Å². The van der Waals surface area contributed by atoms with Crippen LogP contribution in [0.2, 0.25) is 0 Å². The summed E-state index contributed by atoms with van der Waals surface area (Å²) in [5, 5.41) is 9.17. The van der Waals surface area contributed by atoms with E-state index in [-0.39, 0.29) is 11.1 Å². The highest BCUT2D eigenvalue weighted by Crippen LogP contribution is 2.37. The van der Waals surface area contributed by atoms with Gasteiger partial charge in [0.05, 0.1) is 6.20 Å². The number of carboxylic acids is 1. The van der Waals surface area contributed by atoms with E-state index in [2.05, 4.69) is 9.88 Å². The molecule has 1 saturated carbocycles. The van der Waals surface area contributed by atoms with E-state index in [0.29, 0.717) is 12.4 Å². The number of likely N-dealkylation sites (N-methyl/N-ethyl adjacent to an activating group) is 2. The highest BCUT2D eigenvalue weighted by Gasteiger charge is 2.40. The molecule has 1 heterocycles. The standard InChI is InChI=1S/C14H20FN3O2/c1-17(2)14(5-4-6-14)9-18(3)12-11(13(19)20)7-10(15)8-16-12/h7-8H,4-6,9H2,1-3H3,(H,19,20). The van der Waals surface area contributed by atoms with Gasteiger partial charge in [0, 0.05) is 19.1 Å². The fourth-order valence-electron chi connectivity index (χ4n) is 2.74. The summed E-state index contributed by atoms with van der Waals surface area (Å²) in [5.74, 6) is -1.48. The van der Waals surface area contributed by atoms with Gasteiger partial charge in [-0.2, -0.15) is 0 Å². The van der Waals surface area contributed by atoms with Gasteiger partial charge in [0.25, 0.3) is 0 Å². The van der Waals surface area contributed by atoms with Gasteiger partial charge in [-0.05, 0) is 39.4 Å². The number of aromatic carboxylic acids is 1. The van der Waals surface area contributed by atoms with Gasteiger partial charge >= 0.3 is 5.97 Å². The maximum absolute atomic E-state index is 13.2. The first kappa shape index (κ1) is 14.7. The summed E-state index contributed by atoms with van der Waals surface area (Å²) in [6.07, 6.45) is 4.39. The van der Waals surface area contributed by atoms with Gasteiger partial charge in [-0.25, -0.2) is 14.2 Å². The number of aromatic nitrogens is 1. The Kier molecular flexibility index (Phi) is 3.94. The lowest BCUT2D eigenvalue weighted by Crippen LogP contribution is -2.57. The number of anilines is 1. The third-order valence-electron chi connectivity index (χ3n) is 4.19. The van der Waals surface area contributed by atoms with E-state index in [1.165, 1.54) is 6.42 Å². The first-order valence-corrected chi connectivity index (χ1v) is 6.63. The summed E-state index contributed by atoms with van der Waals surface area (Å²) >= 11 is 0. The maximum atomic E-state index is 13.2. The quantitative estimate of drug-likeness (QED) is 0.892. The first-order chi connectivity index (χ1) is 9.35. The normalized spacial score (nSPS) is 16.9. The molecule has 2 rings (SSSR count). The summed E-state index contributed by atoms with van der Waals surface area (Å²) in [5.41, 5.74) is -0.0404. The number of hydrogen-bond acceptors (Lipinski definition) is 4. The Hall–Kier alpha value is -1.69. The van der Waals surface area contributed by atoms with Gasteiger partial charge in [-0.15, -0.1) is 0 Å². The third kappa shape index (κ3) is 2.60. The van der Waals surface area contributed by atoms with Crippen LogP contribution in [0.3, 0.4) is 0 Å². The summed E-state index contributed by atoms with van der Waals surface area (Å²) < 4.78 is 13.2. The molecule has 1 aromatic heterocycles. The van der Waals surface area contributed by atoms with Crippen molar-refractivity contribution in [3.8, 4) is 0 Å². The molecule has 1 aromatic rings. The maximum Gasteiger partial charge on any atom is 0.339 e. The van der Waals surface area contributed by atoms with Crippen LogP contribution in [0, 0.1) is 5.82 Å². The molecule has 110 valence electrons. The van der Waals surface area contributed by atoms with Crippen molar-refractivity contribution in [2.24, 2.45) is 0 Å². The molecule has 1 fully saturated rings. The molecule has 0 unspecified atom stereocenters. The summed E-state index contributed by atoms with van der Waals surface area (Å²) in [6, 6.07) is 1.02. The van der Waals surface area contributed by atoms with Gasteiger partial charge in [0.2, 0.25) is 0 Å². The zero-order valence-corrected chi connectivity index (χ0v) is 12.1. The lowest BCUT2D eigenvalue weighted by molar-refractivity contribution is 0.0668. The molecule has 0 spiro atoms. The number of pyridine rings is 1. The number of carboxylic acid groups (broad SMARTS) is 1. The predicted molar refractivity (Wildman–Crippen MR) is 74.7 cm³/mol. The van der Waals surface area contributed by atoms with Gasteiger partial charge in [0.1, 0.15) is 17.2 Å². The Bertz CT molecular complexity index is 515. The fourth-order valence-corrected chi connectivity index (χ4v) is 2.74. The number of nitrogens with zero attached hydrogens (tertiary/aromatic N) is 3. The second-order valence-corrected chi connectivity index (χ2v) is 5.66. The van der Waals surface area contributed by atoms with E-state index < -0.39 is 11.8 Å². The number of rotatable bonds is 5. The average Bonchev–Trinajstić information content (AvgIpc) is 2.32. The van der Waals surface area contributed by atoms with Crippen molar-refractivity contribution in [3.05, 3.63) is 23.6 Å². The lowest BCUT2D eigenvalue weighted by atomic mass is 9.75. The second kappa shape index (κ2) is 5.36.